The summed E-state index contributed by atoms with van der Waals surface area (Å²) in [5, 5.41) is 12.0. The summed E-state index contributed by atoms with van der Waals surface area (Å²) < 4.78 is 5.19. The normalized spacial score (nSPS) is 16.4. The van der Waals surface area contributed by atoms with E-state index >= 15 is 0 Å². The van der Waals surface area contributed by atoms with E-state index in [0.717, 1.165) is 0 Å². The highest BCUT2D eigenvalue weighted by atomic mass is 16.6. The highest BCUT2D eigenvalue weighted by Crippen LogP contribution is 2.50. The van der Waals surface area contributed by atoms with Crippen molar-refractivity contribution in [3.8, 4) is 0 Å². The third-order valence-electron chi connectivity index (χ3n) is 3.24. The molecule has 20 heavy (non-hydrogen) atoms. The van der Waals surface area contributed by atoms with Crippen LogP contribution in [-0.4, -0.2) is 22.8 Å². The molecule has 0 bridgehead atoms. The maximum absolute atomic E-state index is 11.8. The minimum atomic E-state index is -0.856. The van der Waals surface area contributed by atoms with Crippen LogP contribution in [0.4, 0.5) is 10.5 Å². The Labute approximate surface area is 117 Å². The molecule has 2 rings (SSSR count). The maximum atomic E-state index is 11.8. The number of ether oxygens (including phenoxy) is 1. The van der Waals surface area contributed by atoms with Crippen molar-refractivity contribution in [1.82, 2.24) is 0 Å². The smallest absolute Gasteiger partial charge is 0.412 e. The average Bonchev–Trinajstić information content (AvgIpc) is 3.08. The summed E-state index contributed by atoms with van der Waals surface area (Å²) >= 11 is 0. The number of amides is 1. The Morgan fingerprint density at radius 2 is 1.85 bits per heavy atom. The van der Waals surface area contributed by atoms with Crippen LogP contribution in [-0.2, 0) is 14.9 Å². The summed E-state index contributed by atoms with van der Waals surface area (Å²) in [4.78, 5) is 23.2. The van der Waals surface area contributed by atoms with Gasteiger partial charge in [0.2, 0.25) is 0 Å². The Bertz CT molecular complexity index is 541. The van der Waals surface area contributed by atoms with E-state index in [1.54, 1.807) is 45.0 Å². The van der Waals surface area contributed by atoms with Crippen LogP contribution in [0.25, 0.3) is 0 Å². The number of carbonyl (C=O) groups is 2. The van der Waals surface area contributed by atoms with Crippen molar-refractivity contribution in [3.63, 3.8) is 0 Å². The molecule has 1 aromatic rings. The van der Waals surface area contributed by atoms with E-state index in [4.69, 9.17) is 4.74 Å². The standard InChI is InChI=1S/C15H19NO4/c1-14(2,3)20-13(19)16-11-7-5-4-6-10(11)15(8-9-15)12(17)18/h4-7H,8-9H2,1-3H3,(H,16,19)(H,17,18). The van der Waals surface area contributed by atoms with Crippen molar-refractivity contribution >= 4 is 17.7 Å². The first-order valence-corrected chi connectivity index (χ1v) is 6.57. The number of nitrogens with one attached hydrogen (secondary N) is 1. The second kappa shape index (κ2) is 4.81. The number of hydrogen-bond donors (Lipinski definition) is 2. The molecule has 1 aliphatic carbocycles. The van der Waals surface area contributed by atoms with Crippen LogP contribution in [0.2, 0.25) is 0 Å². The molecule has 0 aliphatic heterocycles. The van der Waals surface area contributed by atoms with Gasteiger partial charge in [0.1, 0.15) is 5.60 Å². The van der Waals surface area contributed by atoms with E-state index in [-0.39, 0.29) is 0 Å². The van der Waals surface area contributed by atoms with Gasteiger partial charge in [0.05, 0.1) is 5.41 Å². The maximum Gasteiger partial charge on any atom is 0.412 e. The first-order chi connectivity index (χ1) is 9.24. The molecule has 108 valence electrons. The molecule has 5 nitrogen and oxygen atoms in total. The van der Waals surface area contributed by atoms with Gasteiger partial charge in [-0.3, -0.25) is 10.1 Å². The molecule has 1 amide bonds. The van der Waals surface area contributed by atoms with Crippen LogP contribution in [0.1, 0.15) is 39.2 Å². The van der Waals surface area contributed by atoms with E-state index in [9.17, 15) is 14.7 Å². The average molecular weight is 277 g/mol. The van der Waals surface area contributed by atoms with Crippen molar-refractivity contribution in [1.29, 1.82) is 0 Å². The van der Waals surface area contributed by atoms with Gasteiger partial charge < -0.3 is 9.84 Å². The molecule has 2 N–H and O–H groups in total. The predicted molar refractivity (Wildman–Crippen MR) is 74.8 cm³/mol. The lowest BCUT2D eigenvalue weighted by Crippen LogP contribution is -2.28. The fraction of sp³-hybridized carbons (Fsp3) is 0.467. The minimum absolute atomic E-state index is 0.502. The zero-order valence-corrected chi connectivity index (χ0v) is 11.9. The molecule has 0 unspecified atom stereocenters. The number of carboxylic acid groups (broad SMARTS) is 1. The topological polar surface area (TPSA) is 75.6 Å². The number of hydrogen-bond acceptors (Lipinski definition) is 3. The first kappa shape index (κ1) is 14.4. The van der Waals surface area contributed by atoms with Crippen LogP contribution < -0.4 is 5.32 Å². The summed E-state index contributed by atoms with van der Waals surface area (Å²) in [6.45, 7) is 5.33. The van der Waals surface area contributed by atoms with Gasteiger partial charge in [-0.2, -0.15) is 0 Å². The molecule has 1 aliphatic rings. The molecule has 1 saturated carbocycles. The fourth-order valence-corrected chi connectivity index (χ4v) is 2.15. The van der Waals surface area contributed by atoms with Gasteiger partial charge in [0.25, 0.3) is 0 Å². The Hall–Kier alpha value is -2.04. The number of rotatable bonds is 3. The van der Waals surface area contributed by atoms with Crippen molar-refractivity contribution in [2.45, 2.75) is 44.6 Å². The Kier molecular flexibility index (Phi) is 3.46. The van der Waals surface area contributed by atoms with Crippen LogP contribution >= 0.6 is 0 Å². The van der Waals surface area contributed by atoms with Crippen molar-refractivity contribution in [2.75, 3.05) is 5.32 Å². The van der Waals surface area contributed by atoms with Gasteiger partial charge in [0, 0.05) is 5.69 Å². The van der Waals surface area contributed by atoms with E-state index in [1.807, 2.05) is 0 Å². The Balaban J connectivity index is 2.22. The van der Waals surface area contributed by atoms with E-state index in [1.165, 1.54) is 0 Å². The fourth-order valence-electron chi connectivity index (χ4n) is 2.15. The second-order valence-corrected chi connectivity index (χ2v) is 6.06. The van der Waals surface area contributed by atoms with Gasteiger partial charge in [-0.15, -0.1) is 0 Å². The van der Waals surface area contributed by atoms with Gasteiger partial charge in [0.15, 0.2) is 0 Å². The van der Waals surface area contributed by atoms with Crippen molar-refractivity contribution in [2.24, 2.45) is 0 Å². The lowest BCUT2D eigenvalue weighted by Gasteiger charge is -2.21. The lowest BCUT2D eigenvalue weighted by atomic mass is 9.94. The number of carbonyl (C=O) groups excluding carboxylic acids is 1. The first-order valence-electron chi connectivity index (χ1n) is 6.57. The number of carboxylic acids is 1. The van der Waals surface area contributed by atoms with Gasteiger partial charge >= 0.3 is 12.1 Å². The number of para-hydroxylation sites is 1. The summed E-state index contributed by atoms with van der Waals surface area (Å²) in [6.07, 6.45) is 0.608. The molecule has 1 fully saturated rings. The summed E-state index contributed by atoms with van der Waals surface area (Å²) in [6, 6.07) is 6.98. The second-order valence-electron chi connectivity index (χ2n) is 6.06. The van der Waals surface area contributed by atoms with Crippen LogP contribution in [0.15, 0.2) is 24.3 Å². The SMILES string of the molecule is CC(C)(C)OC(=O)Nc1ccccc1C1(C(=O)O)CC1. The molecule has 0 atom stereocenters. The molecule has 0 saturated heterocycles. The number of aliphatic carboxylic acids is 1. The highest BCUT2D eigenvalue weighted by molar-refractivity contribution is 5.92. The third-order valence-corrected chi connectivity index (χ3v) is 3.24. The van der Waals surface area contributed by atoms with E-state index in [2.05, 4.69) is 5.32 Å². The van der Waals surface area contributed by atoms with Gasteiger partial charge in [-0.05, 0) is 45.2 Å². The summed E-state index contributed by atoms with van der Waals surface area (Å²) in [5.41, 5.74) is -0.311. The largest absolute Gasteiger partial charge is 0.481 e. The highest BCUT2D eigenvalue weighted by Gasteiger charge is 2.53. The van der Waals surface area contributed by atoms with Crippen molar-refractivity contribution in [3.05, 3.63) is 29.8 Å². The molecule has 0 radical (unpaired) electrons. The molecular weight excluding hydrogens is 258 g/mol. The molecule has 1 aromatic carbocycles. The molecule has 0 heterocycles. The monoisotopic (exact) mass is 277 g/mol. The van der Waals surface area contributed by atoms with Crippen molar-refractivity contribution < 1.29 is 19.4 Å². The summed E-state index contributed by atoms with van der Waals surface area (Å²) in [5.74, 6) is -0.851. The summed E-state index contributed by atoms with van der Waals surface area (Å²) in [7, 11) is 0. The Morgan fingerprint density at radius 1 is 1.25 bits per heavy atom. The van der Waals surface area contributed by atoms with Crippen LogP contribution in [0.5, 0.6) is 0 Å². The molecule has 0 aromatic heterocycles. The number of anilines is 1. The third kappa shape index (κ3) is 2.92. The van der Waals surface area contributed by atoms with Crippen LogP contribution in [0, 0.1) is 0 Å². The van der Waals surface area contributed by atoms with Gasteiger partial charge in [-0.25, -0.2) is 4.79 Å². The lowest BCUT2D eigenvalue weighted by molar-refractivity contribution is -0.140. The van der Waals surface area contributed by atoms with E-state index < -0.39 is 23.1 Å². The van der Waals surface area contributed by atoms with E-state index in [0.29, 0.717) is 24.1 Å². The molecule has 0 spiro atoms. The number of benzene rings is 1. The molecule has 5 heteroatoms. The zero-order chi connectivity index (χ0) is 15.0. The molecular formula is C15H19NO4. The van der Waals surface area contributed by atoms with Crippen LogP contribution in [0.3, 0.4) is 0 Å². The quantitative estimate of drug-likeness (QED) is 0.889. The Morgan fingerprint density at radius 3 is 2.35 bits per heavy atom. The zero-order valence-electron chi connectivity index (χ0n) is 11.9. The predicted octanol–water partition coefficient (Wildman–Crippen LogP) is 3.15. The van der Waals surface area contributed by atoms with Gasteiger partial charge in [-0.1, -0.05) is 18.2 Å². The minimum Gasteiger partial charge on any atom is -0.481 e.